The van der Waals surface area contributed by atoms with Gasteiger partial charge in [0.05, 0.1) is 5.69 Å². The molecule has 19 heavy (non-hydrogen) atoms. The first-order valence-electron chi connectivity index (χ1n) is 7.37. The number of amides is 2. The van der Waals surface area contributed by atoms with E-state index in [1.54, 1.807) is 11.3 Å². The largest absolute Gasteiger partial charge is 0.335 e. The number of carbonyl (C=O) groups excluding carboxylic acids is 1. The molecule has 3 nitrogen and oxygen atoms in total. The van der Waals surface area contributed by atoms with E-state index in [0.717, 1.165) is 29.4 Å². The Morgan fingerprint density at radius 1 is 1.11 bits per heavy atom. The third kappa shape index (κ3) is 2.16. The van der Waals surface area contributed by atoms with Crippen molar-refractivity contribution < 1.29 is 4.79 Å². The highest BCUT2D eigenvalue weighted by Crippen LogP contribution is 2.53. The predicted molar refractivity (Wildman–Crippen MR) is 77.3 cm³/mol. The fraction of sp³-hybridized carbons (Fsp3) is 0.667. The summed E-state index contributed by atoms with van der Waals surface area (Å²) in [5.74, 6) is 3.40. The lowest BCUT2D eigenvalue weighted by Crippen LogP contribution is -2.56. The van der Waals surface area contributed by atoms with Crippen LogP contribution in [-0.2, 0) is 0 Å². The number of rotatable bonds is 2. The van der Waals surface area contributed by atoms with Crippen LogP contribution in [0.4, 0.5) is 10.5 Å². The van der Waals surface area contributed by atoms with Gasteiger partial charge >= 0.3 is 6.03 Å². The molecule has 1 aromatic rings. The first-order chi connectivity index (χ1) is 9.28. The summed E-state index contributed by atoms with van der Waals surface area (Å²) in [5, 5.41) is 10.1. The second-order valence-electron chi connectivity index (χ2n) is 6.57. The normalized spacial score (nSPS) is 39.3. The quantitative estimate of drug-likeness (QED) is 0.849. The Morgan fingerprint density at radius 2 is 1.79 bits per heavy atom. The monoisotopic (exact) mass is 276 g/mol. The van der Waals surface area contributed by atoms with Gasteiger partial charge in [-0.3, -0.25) is 0 Å². The third-order valence-electron chi connectivity index (χ3n) is 5.30. The highest BCUT2D eigenvalue weighted by Gasteiger charge is 2.48. The summed E-state index contributed by atoms with van der Waals surface area (Å²) in [5.41, 5.74) is 0.909. The number of carbonyl (C=O) groups is 1. The molecule has 4 fully saturated rings. The van der Waals surface area contributed by atoms with Crippen LogP contribution in [0.15, 0.2) is 16.8 Å². The zero-order chi connectivity index (χ0) is 12.8. The lowest BCUT2D eigenvalue weighted by molar-refractivity contribution is -0.00883. The van der Waals surface area contributed by atoms with Crippen molar-refractivity contribution >= 4 is 23.1 Å². The van der Waals surface area contributed by atoms with Gasteiger partial charge in [0.1, 0.15) is 0 Å². The van der Waals surface area contributed by atoms with E-state index in [2.05, 4.69) is 10.6 Å². The van der Waals surface area contributed by atoms with Crippen molar-refractivity contribution in [3.05, 3.63) is 16.8 Å². The fourth-order valence-electron chi connectivity index (χ4n) is 4.81. The van der Waals surface area contributed by atoms with Gasteiger partial charge in [-0.05, 0) is 67.2 Å². The number of hydrogen-bond acceptors (Lipinski definition) is 2. The minimum Gasteiger partial charge on any atom is -0.335 e. The van der Waals surface area contributed by atoms with Crippen LogP contribution in [0.1, 0.15) is 32.1 Å². The Labute approximate surface area is 117 Å². The lowest BCUT2D eigenvalue weighted by atomic mass is 9.54. The number of thiophene rings is 1. The minimum atomic E-state index is -0.0177. The van der Waals surface area contributed by atoms with Crippen LogP contribution in [0.25, 0.3) is 0 Å². The van der Waals surface area contributed by atoms with Gasteiger partial charge in [0.25, 0.3) is 0 Å². The standard InChI is InChI=1S/C15H20N2OS/c18-15(16-13-1-2-19-8-13)17-14-11-4-9-3-10(6-11)7-12(14)5-9/h1-2,8-12,14H,3-7H2,(H2,16,17,18). The van der Waals surface area contributed by atoms with Crippen molar-refractivity contribution in [3.8, 4) is 0 Å². The summed E-state index contributed by atoms with van der Waals surface area (Å²) >= 11 is 1.61. The molecule has 4 bridgehead atoms. The van der Waals surface area contributed by atoms with Crippen LogP contribution in [0, 0.1) is 23.7 Å². The van der Waals surface area contributed by atoms with Crippen LogP contribution in [-0.4, -0.2) is 12.1 Å². The molecule has 0 radical (unpaired) electrons. The van der Waals surface area contributed by atoms with E-state index in [9.17, 15) is 4.79 Å². The second-order valence-corrected chi connectivity index (χ2v) is 7.35. The molecule has 0 spiro atoms. The summed E-state index contributed by atoms with van der Waals surface area (Å²) in [6.45, 7) is 0. The Balaban J connectivity index is 1.41. The molecule has 4 saturated carbocycles. The van der Waals surface area contributed by atoms with Gasteiger partial charge in [0.15, 0.2) is 0 Å². The van der Waals surface area contributed by atoms with E-state index < -0.39 is 0 Å². The average Bonchev–Trinajstić information content (AvgIpc) is 2.85. The Kier molecular flexibility index (Phi) is 2.79. The first-order valence-corrected chi connectivity index (χ1v) is 8.32. The molecule has 1 heterocycles. The zero-order valence-electron chi connectivity index (χ0n) is 11.0. The van der Waals surface area contributed by atoms with Gasteiger partial charge in [-0.15, -0.1) is 0 Å². The van der Waals surface area contributed by atoms with Gasteiger partial charge in [-0.1, -0.05) is 0 Å². The molecular weight excluding hydrogens is 256 g/mol. The lowest BCUT2D eigenvalue weighted by Gasteiger charge is -2.54. The smallest absolute Gasteiger partial charge is 0.319 e. The van der Waals surface area contributed by atoms with E-state index in [4.69, 9.17) is 0 Å². The maximum absolute atomic E-state index is 12.1. The van der Waals surface area contributed by atoms with Crippen molar-refractivity contribution in [2.45, 2.75) is 38.1 Å². The molecule has 102 valence electrons. The summed E-state index contributed by atoms with van der Waals surface area (Å²) < 4.78 is 0. The molecule has 4 aliphatic rings. The van der Waals surface area contributed by atoms with Gasteiger partial charge in [0, 0.05) is 11.4 Å². The molecule has 1 aromatic heterocycles. The second kappa shape index (κ2) is 4.51. The molecule has 0 aliphatic heterocycles. The van der Waals surface area contributed by atoms with Crippen LogP contribution in [0.2, 0.25) is 0 Å². The molecule has 0 atom stereocenters. The fourth-order valence-corrected chi connectivity index (χ4v) is 5.40. The van der Waals surface area contributed by atoms with Crippen LogP contribution in [0.3, 0.4) is 0 Å². The topological polar surface area (TPSA) is 41.1 Å². The van der Waals surface area contributed by atoms with Crippen molar-refractivity contribution in [3.63, 3.8) is 0 Å². The van der Waals surface area contributed by atoms with Crippen LogP contribution < -0.4 is 10.6 Å². The van der Waals surface area contributed by atoms with Crippen molar-refractivity contribution in [2.75, 3.05) is 5.32 Å². The summed E-state index contributed by atoms with van der Waals surface area (Å²) in [6, 6.07) is 2.35. The zero-order valence-corrected chi connectivity index (χ0v) is 11.8. The molecule has 0 saturated heterocycles. The maximum atomic E-state index is 12.1. The van der Waals surface area contributed by atoms with E-state index in [0.29, 0.717) is 6.04 Å². The first kappa shape index (κ1) is 11.8. The Hall–Kier alpha value is -1.03. The van der Waals surface area contributed by atoms with Gasteiger partial charge < -0.3 is 10.6 Å². The Bertz CT molecular complexity index is 442. The van der Waals surface area contributed by atoms with E-state index in [-0.39, 0.29) is 6.03 Å². The minimum absolute atomic E-state index is 0.0177. The SMILES string of the molecule is O=C(Nc1ccsc1)NC1C2CC3CC(C2)CC1C3. The van der Waals surface area contributed by atoms with Crippen LogP contribution in [0.5, 0.6) is 0 Å². The highest BCUT2D eigenvalue weighted by molar-refractivity contribution is 7.08. The van der Waals surface area contributed by atoms with E-state index >= 15 is 0 Å². The predicted octanol–water partition coefficient (Wildman–Crippen LogP) is 3.69. The molecule has 4 aliphatic carbocycles. The molecule has 5 rings (SSSR count). The molecular formula is C15H20N2OS. The number of urea groups is 1. The van der Waals surface area contributed by atoms with Gasteiger partial charge in [-0.2, -0.15) is 11.3 Å². The van der Waals surface area contributed by atoms with E-state index in [1.165, 1.54) is 32.1 Å². The van der Waals surface area contributed by atoms with Gasteiger partial charge in [-0.25, -0.2) is 4.79 Å². The molecule has 0 unspecified atom stereocenters. The summed E-state index contributed by atoms with van der Waals surface area (Å²) in [6.07, 6.45) is 6.83. The number of anilines is 1. The number of nitrogens with one attached hydrogen (secondary N) is 2. The average molecular weight is 276 g/mol. The van der Waals surface area contributed by atoms with Crippen molar-refractivity contribution in [1.29, 1.82) is 0 Å². The van der Waals surface area contributed by atoms with Crippen molar-refractivity contribution in [2.24, 2.45) is 23.7 Å². The van der Waals surface area contributed by atoms with E-state index in [1.807, 2.05) is 16.8 Å². The molecule has 2 amide bonds. The molecule has 2 N–H and O–H groups in total. The maximum Gasteiger partial charge on any atom is 0.319 e. The summed E-state index contributed by atoms with van der Waals surface area (Å²) in [7, 11) is 0. The molecule has 4 heteroatoms. The number of hydrogen-bond donors (Lipinski definition) is 2. The van der Waals surface area contributed by atoms with Crippen molar-refractivity contribution in [1.82, 2.24) is 5.32 Å². The Morgan fingerprint density at radius 3 is 2.37 bits per heavy atom. The third-order valence-corrected chi connectivity index (χ3v) is 5.99. The molecule has 0 aromatic carbocycles. The van der Waals surface area contributed by atoms with Gasteiger partial charge in [0.2, 0.25) is 0 Å². The van der Waals surface area contributed by atoms with Crippen LogP contribution >= 0.6 is 11.3 Å². The highest BCUT2D eigenvalue weighted by atomic mass is 32.1. The summed E-state index contributed by atoms with van der Waals surface area (Å²) in [4.78, 5) is 12.1.